The van der Waals surface area contributed by atoms with Crippen LogP contribution in [0.3, 0.4) is 0 Å². The number of benzene rings is 1. The molecule has 0 spiro atoms. The van der Waals surface area contributed by atoms with Gasteiger partial charge in [-0.2, -0.15) is 0 Å². The van der Waals surface area contributed by atoms with Crippen molar-refractivity contribution in [2.45, 2.75) is 6.61 Å². The van der Waals surface area contributed by atoms with Crippen molar-refractivity contribution in [1.29, 1.82) is 0 Å². The van der Waals surface area contributed by atoms with Crippen LogP contribution >= 0.6 is 0 Å². The van der Waals surface area contributed by atoms with Gasteiger partial charge in [-0.1, -0.05) is 0 Å². The normalized spacial score (nSPS) is 10.0. The van der Waals surface area contributed by atoms with E-state index in [2.05, 4.69) is 4.98 Å². The molecule has 6 nitrogen and oxygen atoms in total. The number of hydrogen-bond donors (Lipinski definition) is 1. The van der Waals surface area contributed by atoms with Crippen LogP contribution in [0, 0.1) is 0 Å². The van der Waals surface area contributed by atoms with E-state index in [0.29, 0.717) is 28.4 Å². The Morgan fingerprint density at radius 1 is 1.24 bits per heavy atom. The molecule has 21 heavy (non-hydrogen) atoms. The molecule has 0 atom stereocenters. The first-order valence-corrected chi connectivity index (χ1v) is 6.24. The van der Waals surface area contributed by atoms with Crippen LogP contribution in [-0.4, -0.2) is 25.2 Å². The van der Waals surface area contributed by atoms with Crippen molar-refractivity contribution < 1.29 is 19.0 Å². The molecule has 1 heterocycles. The van der Waals surface area contributed by atoms with Crippen molar-refractivity contribution in [3.8, 4) is 11.6 Å². The Morgan fingerprint density at radius 3 is 2.76 bits per heavy atom. The number of nitrogen functional groups attached to an aromatic ring is 1. The summed E-state index contributed by atoms with van der Waals surface area (Å²) in [4.78, 5) is 16.1. The number of rotatable bonds is 5. The number of ether oxygens (including phenoxy) is 3. The van der Waals surface area contributed by atoms with Crippen molar-refractivity contribution in [3.05, 3.63) is 47.7 Å². The first-order valence-electron chi connectivity index (χ1n) is 6.24. The highest BCUT2D eigenvalue weighted by Crippen LogP contribution is 2.23. The number of methoxy groups -OCH3 is 2. The van der Waals surface area contributed by atoms with E-state index < -0.39 is 5.97 Å². The zero-order valence-electron chi connectivity index (χ0n) is 11.8. The lowest BCUT2D eigenvalue weighted by Gasteiger charge is -2.09. The number of carbonyl (C=O) groups is 1. The van der Waals surface area contributed by atoms with E-state index in [9.17, 15) is 4.79 Å². The molecule has 0 amide bonds. The number of esters is 1. The number of hydrogen-bond acceptors (Lipinski definition) is 6. The molecule has 6 heteroatoms. The van der Waals surface area contributed by atoms with Crippen LogP contribution in [0.1, 0.15) is 15.9 Å². The van der Waals surface area contributed by atoms with Gasteiger partial charge < -0.3 is 19.9 Å². The van der Waals surface area contributed by atoms with Crippen LogP contribution in [0.5, 0.6) is 11.6 Å². The third kappa shape index (κ3) is 3.42. The first-order chi connectivity index (χ1) is 10.2. The van der Waals surface area contributed by atoms with Gasteiger partial charge in [0.25, 0.3) is 0 Å². The van der Waals surface area contributed by atoms with Gasteiger partial charge in [-0.25, -0.2) is 9.78 Å². The summed E-state index contributed by atoms with van der Waals surface area (Å²) in [6.07, 6.45) is 1.61. The minimum Gasteiger partial charge on any atom is -0.495 e. The van der Waals surface area contributed by atoms with Crippen molar-refractivity contribution >= 4 is 11.7 Å². The average Bonchev–Trinajstić information content (AvgIpc) is 2.53. The minimum atomic E-state index is -0.473. The van der Waals surface area contributed by atoms with Gasteiger partial charge >= 0.3 is 5.97 Å². The maximum Gasteiger partial charge on any atom is 0.338 e. The van der Waals surface area contributed by atoms with Crippen LogP contribution in [0.2, 0.25) is 0 Å². The van der Waals surface area contributed by atoms with Gasteiger partial charge in [0.15, 0.2) is 0 Å². The van der Waals surface area contributed by atoms with Gasteiger partial charge in [0.05, 0.1) is 31.0 Å². The highest BCUT2D eigenvalue weighted by atomic mass is 16.5. The summed E-state index contributed by atoms with van der Waals surface area (Å²) in [6.45, 7) is 0.0720. The topological polar surface area (TPSA) is 83.7 Å². The largest absolute Gasteiger partial charge is 0.495 e. The molecule has 2 rings (SSSR count). The smallest absolute Gasteiger partial charge is 0.338 e. The summed E-state index contributed by atoms with van der Waals surface area (Å²) in [5.41, 5.74) is 7.22. The van der Waals surface area contributed by atoms with E-state index in [4.69, 9.17) is 19.9 Å². The number of carbonyl (C=O) groups excluding carboxylic acids is 1. The summed E-state index contributed by atoms with van der Waals surface area (Å²) in [5.74, 6) is 0.391. The molecule has 1 aromatic carbocycles. The second kappa shape index (κ2) is 6.60. The van der Waals surface area contributed by atoms with E-state index in [1.54, 1.807) is 30.5 Å². The minimum absolute atomic E-state index is 0.0720. The predicted octanol–water partition coefficient (Wildman–Crippen LogP) is 2.04. The number of aromatic nitrogens is 1. The molecular formula is C15H16N2O4. The van der Waals surface area contributed by atoms with Crippen molar-refractivity contribution in [3.63, 3.8) is 0 Å². The molecule has 1 aromatic heterocycles. The molecule has 0 aliphatic heterocycles. The maximum absolute atomic E-state index is 12.0. The van der Waals surface area contributed by atoms with Gasteiger partial charge in [0.1, 0.15) is 12.4 Å². The van der Waals surface area contributed by atoms with Gasteiger partial charge in [0, 0.05) is 6.20 Å². The Kier molecular flexibility index (Phi) is 4.61. The monoisotopic (exact) mass is 288 g/mol. The Balaban J connectivity index is 2.08. The average molecular weight is 288 g/mol. The molecule has 2 aromatic rings. The fourth-order valence-corrected chi connectivity index (χ4v) is 1.78. The number of pyridine rings is 1. The molecule has 0 aliphatic rings. The molecule has 2 N–H and O–H groups in total. The van der Waals surface area contributed by atoms with E-state index >= 15 is 0 Å². The standard InChI is InChI=1S/C15H16N2O4/c1-19-13-8-10(5-6-12(13)16)15(18)21-9-11-4-3-7-17-14(11)20-2/h3-8H,9,16H2,1-2H3. The zero-order valence-corrected chi connectivity index (χ0v) is 11.8. The van der Waals surface area contributed by atoms with Crippen LogP contribution in [-0.2, 0) is 11.3 Å². The van der Waals surface area contributed by atoms with E-state index in [1.165, 1.54) is 20.3 Å². The number of nitrogens with zero attached hydrogens (tertiary/aromatic N) is 1. The number of anilines is 1. The van der Waals surface area contributed by atoms with Crippen LogP contribution in [0.25, 0.3) is 0 Å². The van der Waals surface area contributed by atoms with Crippen molar-refractivity contribution in [2.75, 3.05) is 20.0 Å². The lowest BCUT2D eigenvalue weighted by atomic mass is 10.2. The maximum atomic E-state index is 12.0. The summed E-state index contributed by atoms with van der Waals surface area (Å²) in [6, 6.07) is 8.25. The van der Waals surface area contributed by atoms with Crippen LogP contribution in [0.15, 0.2) is 36.5 Å². The predicted molar refractivity (Wildman–Crippen MR) is 77.3 cm³/mol. The van der Waals surface area contributed by atoms with E-state index in [1.807, 2.05) is 0 Å². The SMILES string of the molecule is COc1cc(C(=O)OCc2cccnc2OC)ccc1N. The molecule has 0 saturated heterocycles. The van der Waals surface area contributed by atoms with Crippen molar-refractivity contribution in [1.82, 2.24) is 4.98 Å². The molecule has 0 aliphatic carbocycles. The Bertz CT molecular complexity index is 643. The van der Waals surface area contributed by atoms with Gasteiger partial charge in [-0.3, -0.25) is 0 Å². The lowest BCUT2D eigenvalue weighted by molar-refractivity contribution is 0.0469. The lowest BCUT2D eigenvalue weighted by Crippen LogP contribution is -2.07. The summed E-state index contributed by atoms with van der Waals surface area (Å²) >= 11 is 0. The first kappa shape index (κ1) is 14.6. The van der Waals surface area contributed by atoms with Crippen molar-refractivity contribution in [2.24, 2.45) is 0 Å². The van der Waals surface area contributed by atoms with Crippen LogP contribution < -0.4 is 15.2 Å². The Labute approximate surface area is 122 Å². The third-order valence-corrected chi connectivity index (χ3v) is 2.87. The molecule has 0 unspecified atom stereocenters. The molecule has 0 saturated carbocycles. The molecular weight excluding hydrogens is 272 g/mol. The Hall–Kier alpha value is -2.76. The van der Waals surface area contributed by atoms with Gasteiger partial charge in [-0.15, -0.1) is 0 Å². The Morgan fingerprint density at radius 2 is 2.05 bits per heavy atom. The third-order valence-electron chi connectivity index (χ3n) is 2.87. The highest BCUT2D eigenvalue weighted by Gasteiger charge is 2.12. The summed E-state index contributed by atoms with van der Waals surface area (Å²) in [7, 11) is 3.00. The summed E-state index contributed by atoms with van der Waals surface area (Å²) in [5, 5.41) is 0. The quantitative estimate of drug-likeness (QED) is 0.669. The molecule has 0 radical (unpaired) electrons. The van der Waals surface area contributed by atoms with E-state index in [-0.39, 0.29) is 6.61 Å². The second-order valence-electron chi connectivity index (χ2n) is 4.20. The zero-order chi connectivity index (χ0) is 15.2. The second-order valence-corrected chi connectivity index (χ2v) is 4.20. The molecule has 110 valence electrons. The fraction of sp³-hybridized carbons (Fsp3) is 0.200. The molecule has 0 fully saturated rings. The number of nitrogens with two attached hydrogens (primary N) is 1. The van der Waals surface area contributed by atoms with Gasteiger partial charge in [-0.05, 0) is 30.3 Å². The van der Waals surface area contributed by atoms with E-state index in [0.717, 1.165) is 0 Å². The van der Waals surface area contributed by atoms with Gasteiger partial charge in [0.2, 0.25) is 5.88 Å². The molecule has 0 bridgehead atoms. The highest BCUT2D eigenvalue weighted by molar-refractivity contribution is 5.90. The van der Waals surface area contributed by atoms with Crippen LogP contribution in [0.4, 0.5) is 5.69 Å². The fourth-order valence-electron chi connectivity index (χ4n) is 1.78. The summed E-state index contributed by atoms with van der Waals surface area (Å²) < 4.78 is 15.4.